The van der Waals surface area contributed by atoms with E-state index in [4.69, 9.17) is 14.0 Å². The highest BCUT2D eigenvalue weighted by atomic mass is 79.9. The van der Waals surface area contributed by atoms with Crippen LogP contribution in [0.2, 0.25) is 0 Å². The van der Waals surface area contributed by atoms with Gasteiger partial charge in [0.05, 0.1) is 22.5 Å². The second-order valence-electron chi connectivity index (χ2n) is 6.10. The predicted octanol–water partition coefficient (Wildman–Crippen LogP) is 3.37. The summed E-state index contributed by atoms with van der Waals surface area (Å²) < 4.78 is 43.4. The van der Waals surface area contributed by atoms with E-state index in [1.807, 2.05) is 42.6 Å². The van der Waals surface area contributed by atoms with E-state index >= 15 is 0 Å². The quantitative estimate of drug-likeness (QED) is 0.349. The molecule has 0 aliphatic carbocycles. The van der Waals surface area contributed by atoms with Crippen LogP contribution in [0.15, 0.2) is 59.5 Å². The van der Waals surface area contributed by atoms with Crippen LogP contribution in [0.25, 0.3) is 16.9 Å². The number of benzene rings is 1. The van der Waals surface area contributed by atoms with Gasteiger partial charge in [-0.2, -0.15) is 13.5 Å². The SMILES string of the molecule is O=S(=O)(O)CCCOCCOc1ccc(-n2cc(Br)c(-c3ccncc3)n2)cc1. The summed E-state index contributed by atoms with van der Waals surface area (Å²) in [5.74, 6) is 0.387. The summed E-state index contributed by atoms with van der Waals surface area (Å²) in [6, 6.07) is 11.3. The summed E-state index contributed by atoms with van der Waals surface area (Å²) in [5, 5.41) is 4.62. The van der Waals surface area contributed by atoms with Crippen molar-refractivity contribution >= 4 is 26.0 Å². The molecule has 10 heteroatoms. The van der Waals surface area contributed by atoms with Crippen LogP contribution in [-0.2, 0) is 14.9 Å². The zero-order valence-electron chi connectivity index (χ0n) is 15.4. The van der Waals surface area contributed by atoms with Crippen molar-refractivity contribution in [2.24, 2.45) is 0 Å². The fraction of sp³-hybridized carbons (Fsp3) is 0.263. The lowest BCUT2D eigenvalue weighted by molar-refractivity contribution is 0.101. The molecule has 8 nitrogen and oxygen atoms in total. The largest absolute Gasteiger partial charge is 0.491 e. The van der Waals surface area contributed by atoms with Crippen LogP contribution in [0.5, 0.6) is 5.75 Å². The highest BCUT2D eigenvalue weighted by Gasteiger charge is 2.10. The maximum absolute atomic E-state index is 10.6. The van der Waals surface area contributed by atoms with Crippen molar-refractivity contribution in [3.63, 3.8) is 0 Å². The Morgan fingerprint density at radius 2 is 1.76 bits per heavy atom. The summed E-state index contributed by atoms with van der Waals surface area (Å²) in [5.41, 5.74) is 2.70. The average molecular weight is 482 g/mol. The van der Waals surface area contributed by atoms with E-state index in [1.54, 1.807) is 17.1 Å². The third kappa shape index (κ3) is 6.64. The van der Waals surface area contributed by atoms with E-state index in [1.165, 1.54) is 0 Å². The first-order valence-electron chi connectivity index (χ1n) is 8.84. The molecule has 2 aromatic heterocycles. The highest BCUT2D eigenvalue weighted by molar-refractivity contribution is 9.10. The Kier molecular flexibility index (Phi) is 7.37. The zero-order valence-corrected chi connectivity index (χ0v) is 17.8. The summed E-state index contributed by atoms with van der Waals surface area (Å²) in [6.45, 7) is 0.912. The van der Waals surface area contributed by atoms with Crippen LogP contribution in [-0.4, -0.2) is 53.3 Å². The molecule has 0 aliphatic rings. The summed E-state index contributed by atoms with van der Waals surface area (Å²) in [6.07, 6.45) is 5.59. The number of rotatable bonds is 10. The number of pyridine rings is 1. The highest BCUT2D eigenvalue weighted by Crippen LogP contribution is 2.27. The molecule has 3 rings (SSSR count). The maximum atomic E-state index is 10.6. The van der Waals surface area contributed by atoms with Crippen molar-refractivity contribution in [3.8, 4) is 22.7 Å². The molecule has 154 valence electrons. The van der Waals surface area contributed by atoms with Gasteiger partial charge in [-0.3, -0.25) is 9.54 Å². The zero-order chi connectivity index (χ0) is 20.7. The molecule has 0 aliphatic heterocycles. The lowest BCUT2D eigenvalue weighted by Gasteiger charge is -2.08. The molecule has 0 atom stereocenters. The molecule has 0 amide bonds. The van der Waals surface area contributed by atoms with Gasteiger partial charge >= 0.3 is 0 Å². The van der Waals surface area contributed by atoms with Crippen molar-refractivity contribution in [3.05, 3.63) is 59.5 Å². The Morgan fingerprint density at radius 3 is 2.45 bits per heavy atom. The van der Waals surface area contributed by atoms with Crippen LogP contribution >= 0.6 is 15.9 Å². The number of hydrogen-bond acceptors (Lipinski definition) is 6. The Morgan fingerprint density at radius 1 is 1.03 bits per heavy atom. The first kappa shape index (κ1) is 21.4. The van der Waals surface area contributed by atoms with Gasteiger partial charge in [0, 0.05) is 30.8 Å². The number of aromatic nitrogens is 3. The van der Waals surface area contributed by atoms with E-state index in [-0.39, 0.29) is 18.8 Å². The van der Waals surface area contributed by atoms with Gasteiger partial charge in [0.25, 0.3) is 10.1 Å². The Labute approximate surface area is 177 Å². The van der Waals surface area contributed by atoms with Crippen molar-refractivity contribution in [1.29, 1.82) is 0 Å². The normalized spacial score (nSPS) is 11.5. The van der Waals surface area contributed by atoms with Gasteiger partial charge in [0.1, 0.15) is 18.1 Å². The maximum Gasteiger partial charge on any atom is 0.264 e. The average Bonchev–Trinajstić information content (AvgIpc) is 3.09. The second kappa shape index (κ2) is 9.97. The molecule has 1 aromatic carbocycles. The van der Waals surface area contributed by atoms with Gasteiger partial charge < -0.3 is 9.47 Å². The molecule has 0 fully saturated rings. The van der Waals surface area contributed by atoms with Gasteiger partial charge in [0.2, 0.25) is 0 Å². The fourth-order valence-corrected chi connectivity index (χ4v) is 3.53. The molecule has 0 bridgehead atoms. The van der Waals surface area contributed by atoms with Crippen molar-refractivity contribution in [2.75, 3.05) is 25.6 Å². The van der Waals surface area contributed by atoms with Gasteiger partial charge in [-0.1, -0.05) is 0 Å². The summed E-state index contributed by atoms with van der Waals surface area (Å²) >= 11 is 3.55. The number of hydrogen-bond donors (Lipinski definition) is 1. The second-order valence-corrected chi connectivity index (χ2v) is 8.53. The van der Waals surface area contributed by atoms with E-state index in [0.717, 1.165) is 21.4 Å². The first-order valence-corrected chi connectivity index (χ1v) is 11.2. The molecule has 1 N–H and O–H groups in total. The molecule has 0 unspecified atom stereocenters. The minimum Gasteiger partial charge on any atom is -0.491 e. The lowest BCUT2D eigenvalue weighted by Crippen LogP contribution is -2.11. The lowest BCUT2D eigenvalue weighted by atomic mass is 10.2. The minimum absolute atomic E-state index is 0.244. The molecule has 0 radical (unpaired) electrons. The molecule has 29 heavy (non-hydrogen) atoms. The fourth-order valence-electron chi connectivity index (χ4n) is 2.55. The number of halogens is 1. The number of nitrogens with zero attached hydrogens (tertiary/aromatic N) is 3. The standard InChI is InChI=1S/C19H20BrN3O5S/c20-18-14-23(22-19(18)15-6-8-21-9-7-15)16-2-4-17(5-3-16)28-12-11-27-10-1-13-29(24,25)26/h2-9,14H,1,10-13H2,(H,24,25,26). The van der Waals surface area contributed by atoms with E-state index in [2.05, 4.69) is 26.0 Å². The molecular weight excluding hydrogens is 462 g/mol. The van der Waals surface area contributed by atoms with E-state index in [9.17, 15) is 8.42 Å². The van der Waals surface area contributed by atoms with Crippen LogP contribution in [0.3, 0.4) is 0 Å². The Bertz CT molecular complexity index is 1020. The first-order chi connectivity index (χ1) is 13.9. The van der Waals surface area contributed by atoms with Gasteiger partial charge in [0.15, 0.2) is 0 Å². The molecule has 0 spiro atoms. The molecular formula is C19H20BrN3O5S. The van der Waals surface area contributed by atoms with Gasteiger partial charge in [-0.05, 0) is 58.7 Å². The van der Waals surface area contributed by atoms with Crippen molar-refractivity contribution < 1.29 is 22.4 Å². The Balaban J connectivity index is 1.49. The van der Waals surface area contributed by atoms with E-state index < -0.39 is 10.1 Å². The predicted molar refractivity (Wildman–Crippen MR) is 112 cm³/mol. The van der Waals surface area contributed by atoms with Crippen LogP contribution in [0.4, 0.5) is 0 Å². The van der Waals surface area contributed by atoms with Crippen molar-refractivity contribution in [2.45, 2.75) is 6.42 Å². The Hall–Kier alpha value is -2.27. The third-order valence-electron chi connectivity index (χ3n) is 3.91. The third-order valence-corrected chi connectivity index (χ3v) is 5.30. The minimum atomic E-state index is -3.93. The van der Waals surface area contributed by atoms with Crippen molar-refractivity contribution in [1.82, 2.24) is 14.8 Å². The summed E-state index contributed by atoms with van der Waals surface area (Å²) in [4.78, 5) is 4.02. The monoisotopic (exact) mass is 481 g/mol. The van der Waals surface area contributed by atoms with Crippen LogP contribution in [0.1, 0.15) is 6.42 Å². The molecule has 3 aromatic rings. The topological polar surface area (TPSA) is 104 Å². The number of ether oxygens (including phenoxy) is 2. The molecule has 0 saturated carbocycles. The van der Waals surface area contributed by atoms with Gasteiger partial charge in [-0.15, -0.1) is 0 Å². The molecule has 2 heterocycles. The van der Waals surface area contributed by atoms with E-state index in [0.29, 0.717) is 19.0 Å². The van der Waals surface area contributed by atoms with Crippen LogP contribution in [0, 0.1) is 0 Å². The molecule has 0 saturated heterocycles. The smallest absolute Gasteiger partial charge is 0.264 e. The van der Waals surface area contributed by atoms with Gasteiger partial charge in [-0.25, -0.2) is 4.68 Å². The summed E-state index contributed by atoms with van der Waals surface area (Å²) in [7, 11) is -3.93. The van der Waals surface area contributed by atoms with Crippen LogP contribution < -0.4 is 4.74 Å².